The van der Waals surface area contributed by atoms with E-state index in [1.165, 1.54) is 0 Å². The molecule has 4 aromatic rings. The number of methoxy groups -OCH3 is 1. The molecule has 0 bridgehead atoms. The molecule has 1 heterocycles. The molecule has 0 saturated carbocycles. The van der Waals surface area contributed by atoms with Crippen LogP contribution >= 0.6 is 15.9 Å². The van der Waals surface area contributed by atoms with Crippen molar-refractivity contribution in [2.75, 3.05) is 23.5 Å². The van der Waals surface area contributed by atoms with Crippen LogP contribution in [0.1, 0.15) is 27.7 Å². The quantitative estimate of drug-likeness (QED) is 0.213. The summed E-state index contributed by atoms with van der Waals surface area (Å²) in [7, 11) is 1.62. The van der Waals surface area contributed by atoms with Gasteiger partial charge in [-0.15, -0.1) is 0 Å². The van der Waals surface area contributed by atoms with Crippen LogP contribution in [0, 0.1) is 0 Å². The number of fused-ring (bicyclic) bond motifs is 1. The lowest BCUT2D eigenvalue weighted by atomic mass is 9.98. The fourth-order valence-corrected chi connectivity index (χ4v) is 5.29. The van der Waals surface area contributed by atoms with E-state index in [1.807, 2.05) is 89.8 Å². The average molecular weight is 555 g/mol. The number of para-hydroxylation sites is 2. The fraction of sp³-hybridized carbons (Fsp3) is 0.129. The summed E-state index contributed by atoms with van der Waals surface area (Å²) in [5.74, 6) is 1.11. The third-order valence-electron chi connectivity index (χ3n) is 6.33. The monoisotopic (exact) mass is 554 g/mol. The van der Waals surface area contributed by atoms with E-state index >= 15 is 0 Å². The number of carbonyl (C=O) groups is 1. The molecule has 0 fully saturated rings. The molecule has 5 nitrogen and oxygen atoms in total. The van der Waals surface area contributed by atoms with Crippen molar-refractivity contribution in [1.29, 1.82) is 0 Å². The lowest BCUT2D eigenvalue weighted by Crippen LogP contribution is -2.49. The Morgan fingerprint density at radius 3 is 2.32 bits per heavy atom. The number of benzene rings is 4. The Balaban J connectivity index is 1.73. The molecule has 0 aliphatic carbocycles. The van der Waals surface area contributed by atoms with Gasteiger partial charge in [0.15, 0.2) is 11.5 Å². The number of ether oxygens (including phenoxy) is 2. The Bertz CT molecular complexity index is 1410. The zero-order valence-corrected chi connectivity index (χ0v) is 22.1. The van der Waals surface area contributed by atoms with Crippen molar-refractivity contribution >= 4 is 33.2 Å². The second-order valence-electron chi connectivity index (χ2n) is 8.65. The smallest absolute Gasteiger partial charge is 0.262 e. The SMILES string of the molecule is C=CCOc1c(Br)cc([C@H]2N(Cc3ccccc3)c3ccccc3C(=O)N2c2ccccc2)cc1OC. The van der Waals surface area contributed by atoms with E-state index in [1.54, 1.807) is 13.2 Å². The van der Waals surface area contributed by atoms with Crippen molar-refractivity contribution in [3.05, 3.63) is 131 Å². The predicted molar refractivity (Wildman–Crippen MR) is 151 cm³/mol. The van der Waals surface area contributed by atoms with E-state index in [0.29, 0.717) is 30.2 Å². The van der Waals surface area contributed by atoms with Crippen LogP contribution in [0.15, 0.2) is 114 Å². The highest BCUT2D eigenvalue weighted by Crippen LogP contribution is 2.46. The molecular formula is C31H27BrN2O3. The number of hydrogen-bond donors (Lipinski definition) is 0. The molecule has 6 heteroatoms. The number of hydrogen-bond acceptors (Lipinski definition) is 4. The summed E-state index contributed by atoms with van der Waals surface area (Å²) >= 11 is 3.68. The number of carbonyl (C=O) groups excluding carboxylic acids is 1. The third-order valence-corrected chi connectivity index (χ3v) is 6.92. The molecule has 1 atom stereocenters. The van der Waals surface area contributed by atoms with Gasteiger partial charge in [0.2, 0.25) is 0 Å². The van der Waals surface area contributed by atoms with E-state index < -0.39 is 6.17 Å². The van der Waals surface area contributed by atoms with Gasteiger partial charge in [-0.2, -0.15) is 0 Å². The molecule has 37 heavy (non-hydrogen) atoms. The van der Waals surface area contributed by atoms with Crippen molar-refractivity contribution in [3.63, 3.8) is 0 Å². The summed E-state index contributed by atoms with van der Waals surface area (Å²) in [4.78, 5) is 18.2. The zero-order valence-electron chi connectivity index (χ0n) is 20.5. The lowest BCUT2D eigenvalue weighted by molar-refractivity contribution is 0.0968. The lowest BCUT2D eigenvalue weighted by Gasteiger charge is -2.46. The minimum absolute atomic E-state index is 0.0572. The van der Waals surface area contributed by atoms with Crippen LogP contribution in [0.3, 0.4) is 0 Å². The topological polar surface area (TPSA) is 42.0 Å². The molecule has 0 radical (unpaired) electrons. The molecule has 0 spiro atoms. The Kier molecular flexibility index (Phi) is 7.28. The van der Waals surface area contributed by atoms with Crippen LogP contribution in [0.4, 0.5) is 11.4 Å². The summed E-state index contributed by atoms with van der Waals surface area (Å²) < 4.78 is 12.4. The molecule has 1 aliphatic heterocycles. The molecule has 5 rings (SSSR count). The second kappa shape index (κ2) is 10.9. The summed E-state index contributed by atoms with van der Waals surface area (Å²) in [6.45, 7) is 4.69. The van der Waals surface area contributed by atoms with Crippen molar-refractivity contribution in [3.8, 4) is 11.5 Å². The Hall–Kier alpha value is -4.03. The molecule has 0 aromatic heterocycles. The fourth-order valence-electron chi connectivity index (χ4n) is 4.72. The molecule has 1 aliphatic rings. The van der Waals surface area contributed by atoms with Gasteiger partial charge in [0.1, 0.15) is 12.8 Å². The van der Waals surface area contributed by atoms with Gasteiger partial charge in [-0.1, -0.05) is 73.3 Å². The molecular weight excluding hydrogens is 528 g/mol. The van der Waals surface area contributed by atoms with E-state index in [-0.39, 0.29) is 5.91 Å². The highest BCUT2D eigenvalue weighted by atomic mass is 79.9. The molecule has 4 aromatic carbocycles. The van der Waals surface area contributed by atoms with Gasteiger partial charge in [-0.05, 0) is 57.9 Å². The molecule has 0 N–H and O–H groups in total. The van der Waals surface area contributed by atoms with Gasteiger partial charge in [-0.3, -0.25) is 9.69 Å². The maximum atomic E-state index is 14.1. The Morgan fingerprint density at radius 2 is 1.62 bits per heavy atom. The number of rotatable bonds is 8. The number of amides is 1. The largest absolute Gasteiger partial charge is 0.493 e. The van der Waals surface area contributed by atoms with Crippen molar-refractivity contribution in [1.82, 2.24) is 0 Å². The van der Waals surface area contributed by atoms with Crippen LogP contribution in [-0.4, -0.2) is 19.6 Å². The predicted octanol–water partition coefficient (Wildman–Crippen LogP) is 7.39. The van der Waals surface area contributed by atoms with Gasteiger partial charge >= 0.3 is 0 Å². The Labute approximate surface area is 225 Å². The zero-order chi connectivity index (χ0) is 25.8. The van der Waals surface area contributed by atoms with E-state index in [4.69, 9.17) is 9.47 Å². The first-order valence-corrected chi connectivity index (χ1v) is 12.8. The first-order valence-electron chi connectivity index (χ1n) is 12.0. The third kappa shape index (κ3) is 4.85. The minimum Gasteiger partial charge on any atom is -0.493 e. The van der Waals surface area contributed by atoms with Crippen LogP contribution < -0.4 is 19.3 Å². The number of anilines is 2. The summed E-state index contributed by atoms with van der Waals surface area (Å²) in [6, 6.07) is 31.8. The van der Waals surface area contributed by atoms with Crippen molar-refractivity contribution in [2.45, 2.75) is 12.7 Å². The van der Waals surface area contributed by atoms with Gasteiger partial charge in [0, 0.05) is 17.8 Å². The second-order valence-corrected chi connectivity index (χ2v) is 9.50. The van der Waals surface area contributed by atoms with Gasteiger partial charge in [0.25, 0.3) is 5.91 Å². The van der Waals surface area contributed by atoms with Crippen LogP contribution in [0.2, 0.25) is 0 Å². The van der Waals surface area contributed by atoms with Crippen LogP contribution in [0.5, 0.6) is 11.5 Å². The highest BCUT2D eigenvalue weighted by molar-refractivity contribution is 9.10. The van der Waals surface area contributed by atoms with E-state index in [9.17, 15) is 4.79 Å². The van der Waals surface area contributed by atoms with Gasteiger partial charge < -0.3 is 14.4 Å². The van der Waals surface area contributed by atoms with Crippen LogP contribution in [-0.2, 0) is 6.54 Å². The summed E-state index contributed by atoms with van der Waals surface area (Å²) in [5, 5.41) is 0. The van der Waals surface area contributed by atoms with Crippen LogP contribution in [0.25, 0.3) is 0 Å². The van der Waals surface area contributed by atoms with Gasteiger partial charge in [-0.25, -0.2) is 0 Å². The van der Waals surface area contributed by atoms with Crippen molar-refractivity contribution < 1.29 is 14.3 Å². The van der Waals surface area contributed by atoms with Gasteiger partial charge in [0.05, 0.1) is 22.8 Å². The van der Waals surface area contributed by atoms with E-state index in [0.717, 1.165) is 27.0 Å². The number of halogens is 1. The molecule has 1 amide bonds. The maximum absolute atomic E-state index is 14.1. The molecule has 186 valence electrons. The number of nitrogens with zero attached hydrogens (tertiary/aromatic N) is 2. The average Bonchev–Trinajstić information content (AvgIpc) is 2.94. The van der Waals surface area contributed by atoms with E-state index in [2.05, 4.69) is 39.5 Å². The van der Waals surface area contributed by atoms with Crippen molar-refractivity contribution in [2.24, 2.45) is 0 Å². The standard InChI is InChI=1S/C31H27BrN2O3/c1-3-18-37-29-26(32)19-23(20-28(29)36-2)30-33(21-22-12-6-4-7-13-22)27-17-11-10-16-25(27)31(35)34(30)24-14-8-5-9-15-24/h3-17,19-20,30H,1,18,21H2,2H3/t30-/m0/s1. The summed E-state index contributed by atoms with van der Waals surface area (Å²) in [6.07, 6.45) is 1.25. The molecule has 0 unspecified atom stereocenters. The maximum Gasteiger partial charge on any atom is 0.262 e. The Morgan fingerprint density at radius 1 is 0.946 bits per heavy atom. The normalized spacial score (nSPS) is 14.8. The first kappa shape index (κ1) is 24.7. The first-order chi connectivity index (χ1) is 18.1. The highest BCUT2D eigenvalue weighted by Gasteiger charge is 2.40. The summed E-state index contributed by atoms with van der Waals surface area (Å²) in [5.41, 5.74) is 4.39. The molecule has 0 saturated heterocycles. The minimum atomic E-state index is -0.441.